The molecule has 0 radical (unpaired) electrons. The summed E-state index contributed by atoms with van der Waals surface area (Å²) in [6.45, 7) is 4.72. The van der Waals surface area contributed by atoms with Gasteiger partial charge in [-0.3, -0.25) is 9.69 Å². The molecule has 0 spiro atoms. The summed E-state index contributed by atoms with van der Waals surface area (Å²) in [6.07, 6.45) is -1.27. The van der Waals surface area contributed by atoms with Crippen LogP contribution >= 0.6 is 0 Å². The van der Waals surface area contributed by atoms with E-state index < -0.39 is 18.1 Å². The van der Waals surface area contributed by atoms with Crippen molar-refractivity contribution in [2.45, 2.75) is 32.4 Å². The van der Waals surface area contributed by atoms with Crippen molar-refractivity contribution >= 4 is 18.0 Å². The SMILES string of the molecule is CC(C)(C)NC(=O)COC[C@H]1C(=O)OCN1C(=O)O. The molecule has 0 aliphatic carbocycles. The molecule has 0 aromatic rings. The number of amides is 2. The number of hydrogen-bond donors (Lipinski definition) is 2. The van der Waals surface area contributed by atoms with Crippen LogP contribution in [-0.2, 0) is 19.1 Å². The summed E-state index contributed by atoms with van der Waals surface area (Å²) in [4.78, 5) is 34.4. The number of rotatable bonds is 4. The van der Waals surface area contributed by atoms with E-state index in [1.54, 1.807) is 0 Å². The van der Waals surface area contributed by atoms with Crippen molar-refractivity contribution in [3.63, 3.8) is 0 Å². The summed E-state index contributed by atoms with van der Waals surface area (Å²) >= 11 is 0. The average Bonchev–Trinajstić information content (AvgIpc) is 2.58. The Morgan fingerprint density at radius 2 is 2.16 bits per heavy atom. The van der Waals surface area contributed by atoms with Gasteiger partial charge in [0, 0.05) is 5.54 Å². The minimum atomic E-state index is -1.27. The molecule has 8 nitrogen and oxygen atoms in total. The molecule has 1 aliphatic heterocycles. The highest BCUT2D eigenvalue weighted by atomic mass is 16.6. The predicted octanol–water partition coefficient (Wildman–Crippen LogP) is -0.219. The fraction of sp³-hybridized carbons (Fsp3) is 0.727. The highest BCUT2D eigenvalue weighted by Crippen LogP contribution is 2.11. The second-order valence-electron chi connectivity index (χ2n) is 5.17. The quantitative estimate of drug-likeness (QED) is 0.687. The van der Waals surface area contributed by atoms with E-state index in [1.165, 1.54) is 0 Å². The molecule has 0 saturated carbocycles. The molecule has 0 aromatic carbocycles. The molecule has 1 rings (SSSR count). The van der Waals surface area contributed by atoms with Crippen molar-refractivity contribution in [1.29, 1.82) is 0 Å². The molecule has 1 fully saturated rings. The van der Waals surface area contributed by atoms with Gasteiger partial charge in [-0.1, -0.05) is 0 Å². The van der Waals surface area contributed by atoms with Gasteiger partial charge in [-0.05, 0) is 20.8 Å². The first kappa shape index (κ1) is 15.2. The van der Waals surface area contributed by atoms with Crippen LogP contribution in [-0.4, -0.2) is 59.5 Å². The van der Waals surface area contributed by atoms with E-state index >= 15 is 0 Å². The number of hydrogen-bond acceptors (Lipinski definition) is 5. The van der Waals surface area contributed by atoms with Crippen molar-refractivity contribution < 1.29 is 29.0 Å². The first-order chi connectivity index (χ1) is 8.70. The zero-order valence-electron chi connectivity index (χ0n) is 11.1. The van der Waals surface area contributed by atoms with Gasteiger partial charge in [0.15, 0.2) is 12.8 Å². The number of carbonyl (C=O) groups excluding carboxylic acids is 2. The van der Waals surface area contributed by atoms with Gasteiger partial charge in [0.2, 0.25) is 5.91 Å². The van der Waals surface area contributed by atoms with E-state index in [2.05, 4.69) is 10.1 Å². The molecule has 1 aliphatic rings. The summed E-state index contributed by atoms with van der Waals surface area (Å²) in [6, 6.07) is -1.01. The maximum absolute atomic E-state index is 11.4. The number of nitrogens with one attached hydrogen (secondary N) is 1. The van der Waals surface area contributed by atoms with Crippen molar-refractivity contribution in [2.75, 3.05) is 19.9 Å². The van der Waals surface area contributed by atoms with Crippen molar-refractivity contribution in [3.8, 4) is 0 Å². The summed E-state index contributed by atoms with van der Waals surface area (Å²) < 4.78 is 9.66. The van der Waals surface area contributed by atoms with Gasteiger partial charge in [0.05, 0.1) is 6.61 Å². The Morgan fingerprint density at radius 1 is 1.53 bits per heavy atom. The topological polar surface area (TPSA) is 105 Å². The largest absolute Gasteiger partial charge is 0.465 e. The minimum Gasteiger partial charge on any atom is -0.465 e. The molecule has 0 bridgehead atoms. The Balaban J connectivity index is 2.38. The van der Waals surface area contributed by atoms with Gasteiger partial charge in [-0.2, -0.15) is 0 Å². The van der Waals surface area contributed by atoms with Crippen LogP contribution in [0.25, 0.3) is 0 Å². The van der Waals surface area contributed by atoms with E-state index in [0.29, 0.717) is 0 Å². The number of esters is 1. The standard InChI is InChI=1S/C11H18N2O6/c1-11(2,3)12-8(14)5-18-4-7-9(15)19-6-13(7)10(16)17/h7H,4-6H2,1-3H3,(H,12,14)(H,16,17)/t7-/m0/s1. The van der Waals surface area contributed by atoms with Crippen LogP contribution in [0.1, 0.15) is 20.8 Å². The van der Waals surface area contributed by atoms with E-state index in [9.17, 15) is 14.4 Å². The van der Waals surface area contributed by atoms with Crippen LogP contribution < -0.4 is 5.32 Å². The zero-order valence-corrected chi connectivity index (χ0v) is 11.1. The molecule has 0 aromatic heterocycles. The van der Waals surface area contributed by atoms with Crippen LogP contribution in [0.4, 0.5) is 4.79 Å². The predicted molar refractivity (Wildman–Crippen MR) is 63.3 cm³/mol. The lowest BCUT2D eigenvalue weighted by molar-refractivity contribution is -0.141. The van der Waals surface area contributed by atoms with Crippen LogP contribution in [0.3, 0.4) is 0 Å². The molecule has 108 valence electrons. The monoisotopic (exact) mass is 274 g/mol. The Labute approximate surface area is 110 Å². The van der Waals surface area contributed by atoms with Crippen LogP contribution in [0.15, 0.2) is 0 Å². The third-order valence-corrected chi connectivity index (χ3v) is 2.26. The summed E-state index contributed by atoms with van der Waals surface area (Å²) in [5.41, 5.74) is -0.375. The summed E-state index contributed by atoms with van der Waals surface area (Å²) in [7, 11) is 0. The van der Waals surface area contributed by atoms with Gasteiger partial charge in [0.25, 0.3) is 0 Å². The third kappa shape index (κ3) is 4.74. The molecule has 2 N–H and O–H groups in total. The van der Waals surface area contributed by atoms with Crippen LogP contribution in [0.5, 0.6) is 0 Å². The highest BCUT2D eigenvalue weighted by molar-refractivity contribution is 5.83. The second-order valence-corrected chi connectivity index (χ2v) is 5.17. The molecule has 0 unspecified atom stereocenters. The van der Waals surface area contributed by atoms with Gasteiger partial charge >= 0.3 is 12.1 Å². The van der Waals surface area contributed by atoms with E-state index in [4.69, 9.17) is 9.84 Å². The van der Waals surface area contributed by atoms with Crippen LogP contribution in [0.2, 0.25) is 0 Å². The normalized spacial score (nSPS) is 19.2. The summed E-state index contributed by atoms with van der Waals surface area (Å²) in [5.74, 6) is -1.00. The van der Waals surface area contributed by atoms with Crippen molar-refractivity contribution in [2.24, 2.45) is 0 Å². The minimum absolute atomic E-state index is 0.206. The molecule has 1 atom stereocenters. The van der Waals surface area contributed by atoms with Gasteiger partial charge in [-0.15, -0.1) is 0 Å². The Bertz CT molecular complexity index is 376. The lowest BCUT2D eigenvalue weighted by Gasteiger charge is -2.21. The Kier molecular flexibility index (Phi) is 4.71. The van der Waals surface area contributed by atoms with Crippen molar-refractivity contribution in [1.82, 2.24) is 10.2 Å². The summed E-state index contributed by atoms with van der Waals surface area (Å²) in [5, 5.41) is 11.5. The van der Waals surface area contributed by atoms with Gasteiger partial charge in [-0.25, -0.2) is 9.59 Å². The number of cyclic esters (lactones) is 1. The molecule has 2 amide bonds. The molecule has 1 saturated heterocycles. The molecular formula is C11H18N2O6. The van der Waals surface area contributed by atoms with Gasteiger partial charge in [0.1, 0.15) is 6.61 Å². The Morgan fingerprint density at radius 3 is 2.68 bits per heavy atom. The van der Waals surface area contributed by atoms with E-state index in [1.807, 2.05) is 20.8 Å². The second kappa shape index (κ2) is 5.87. The van der Waals surface area contributed by atoms with Crippen molar-refractivity contribution in [3.05, 3.63) is 0 Å². The molecule has 8 heteroatoms. The number of carboxylic acid groups (broad SMARTS) is 1. The molecule has 1 heterocycles. The molecule has 19 heavy (non-hydrogen) atoms. The fourth-order valence-corrected chi connectivity index (χ4v) is 1.51. The lowest BCUT2D eigenvalue weighted by Crippen LogP contribution is -2.44. The van der Waals surface area contributed by atoms with Crippen LogP contribution in [0, 0.1) is 0 Å². The maximum atomic E-state index is 11.4. The Hall–Kier alpha value is -1.83. The first-order valence-electron chi connectivity index (χ1n) is 5.75. The zero-order chi connectivity index (χ0) is 14.6. The number of nitrogens with zero attached hydrogens (tertiary/aromatic N) is 1. The molecular weight excluding hydrogens is 256 g/mol. The third-order valence-electron chi connectivity index (χ3n) is 2.26. The first-order valence-corrected chi connectivity index (χ1v) is 5.75. The smallest absolute Gasteiger partial charge is 0.410 e. The average molecular weight is 274 g/mol. The van der Waals surface area contributed by atoms with E-state index in [0.717, 1.165) is 4.90 Å². The number of carbonyl (C=O) groups is 3. The van der Waals surface area contributed by atoms with Gasteiger partial charge < -0.3 is 19.9 Å². The fourth-order valence-electron chi connectivity index (χ4n) is 1.51. The van der Waals surface area contributed by atoms with E-state index in [-0.39, 0.29) is 31.4 Å². The number of ether oxygens (including phenoxy) is 2. The highest BCUT2D eigenvalue weighted by Gasteiger charge is 2.38. The lowest BCUT2D eigenvalue weighted by atomic mass is 10.1. The maximum Gasteiger partial charge on any atom is 0.410 e.